The van der Waals surface area contributed by atoms with Gasteiger partial charge < -0.3 is 9.73 Å². The molecule has 0 fully saturated rings. The van der Waals surface area contributed by atoms with Gasteiger partial charge in [0.15, 0.2) is 11.5 Å². The van der Waals surface area contributed by atoms with Crippen LogP contribution in [0.15, 0.2) is 28.7 Å². The van der Waals surface area contributed by atoms with Crippen molar-refractivity contribution in [1.82, 2.24) is 4.98 Å². The van der Waals surface area contributed by atoms with Gasteiger partial charge in [-0.3, -0.25) is 4.79 Å². The molecule has 1 aliphatic carbocycles. The molecule has 0 saturated heterocycles. The standard InChI is InChI=1S/C16H14N2O2S/c1-9-17-12-6-5-11(8-13(12)20-9)18-16(19)15-7-10-3-2-4-14(10)21-15/h5-8H,2-4H2,1H3,(H,18,19). The number of rotatable bonds is 2. The molecule has 1 aliphatic rings. The van der Waals surface area contributed by atoms with Gasteiger partial charge >= 0.3 is 0 Å². The number of thiophene rings is 1. The van der Waals surface area contributed by atoms with E-state index in [0.29, 0.717) is 11.5 Å². The van der Waals surface area contributed by atoms with Crippen LogP contribution in [0.4, 0.5) is 5.69 Å². The van der Waals surface area contributed by atoms with Gasteiger partial charge in [0.1, 0.15) is 5.52 Å². The van der Waals surface area contributed by atoms with Crippen LogP contribution in [0.25, 0.3) is 11.1 Å². The van der Waals surface area contributed by atoms with Crippen LogP contribution in [0.2, 0.25) is 0 Å². The predicted molar refractivity (Wildman–Crippen MR) is 83.0 cm³/mol. The molecule has 0 saturated carbocycles. The molecular formula is C16H14N2O2S. The maximum absolute atomic E-state index is 12.3. The molecule has 0 bridgehead atoms. The number of oxazole rings is 1. The van der Waals surface area contributed by atoms with E-state index in [1.54, 1.807) is 11.3 Å². The zero-order valence-corrected chi connectivity index (χ0v) is 12.4. The van der Waals surface area contributed by atoms with E-state index in [1.807, 2.05) is 31.2 Å². The van der Waals surface area contributed by atoms with Gasteiger partial charge in [0, 0.05) is 23.6 Å². The summed E-state index contributed by atoms with van der Waals surface area (Å²) >= 11 is 1.61. The number of anilines is 1. The van der Waals surface area contributed by atoms with Crippen molar-refractivity contribution in [3.05, 3.63) is 45.5 Å². The number of hydrogen-bond acceptors (Lipinski definition) is 4. The highest BCUT2D eigenvalue weighted by Crippen LogP contribution is 2.31. The second-order valence-corrected chi connectivity index (χ2v) is 6.42. The van der Waals surface area contributed by atoms with Gasteiger partial charge in [-0.25, -0.2) is 4.98 Å². The van der Waals surface area contributed by atoms with Gasteiger partial charge in [0.05, 0.1) is 4.88 Å². The zero-order valence-electron chi connectivity index (χ0n) is 11.6. The molecule has 3 aromatic rings. The fraction of sp³-hybridized carbons (Fsp3) is 0.250. The second-order valence-electron chi connectivity index (χ2n) is 5.28. The summed E-state index contributed by atoms with van der Waals surface area (Å²) < 4.78 is 5.49. The van der Waals surface area contributed by atoms with Crippen molar-refractivity contribution in [1.29, 1.82) is 0 Å². The topological polar surface area (TPSA) is 55.1 Å². The molecule has 1 amide bonds. The van der Waals surface area contributed by atoms with E-state index in [1.165, 1.54) is 16.9 Å². The van der Waals surface area contributed by atoms with E-state index in [9.17, 15) is 4.79 Å². The molecular weight excluding hydrogens is 284 g/mol. The second kappa shape index (κ2) is 4.70. The summed E-state index contributed by atoms with van der Waals surface area (Å²) in [7, 11) is 0. The summed E-state index contributed by atoms with van der Waals surface area (Å²) in [4.78, 5) is 18.7. The molecule has 0 radical (unpaired) electrons. The van der Waals surface area contributed by atoms with Crippen LogP contribution in [-0.2, 0) is 12.8 Å². The molecule has 5 heteroatoms. The van der Waals surface area contributed by atoms with Crippen molar-refractivity contribution in [2.75, 3.05) is 5.32 Å². The summed E-state index contributed by atoms with van der Waals surface area (Å²) in [5.74, 6) is 0.577. The molecule has 21 heavy (non-hydrogen) atoms. The molecule has 0 atom stereocenters. The van der Waals surface area contributed by atoms with Crippen molar-refractivity contribution in [3.63, 3.8) is 0 Å². The fourth-order valence-corrected chi connectivity index (χ4v) is 3.90. The molecule has 0 unspecified atom stereocenters. The van der Waals surface area contributed by atoms with Crippen molar-refractivity contribution >= 4 is 34.0 Å². The lowest BCUT2D eigenvalue weighted by atomic mass is 10.2. The van der Waals surface area contributed by atoms with Gasteiger partial charge in [-0.15, -0.1) is 11.3 Å². The molecule has 106 valence electrons. The summed E-state index contributed by atoms with van der Waals surface area (Å²) in [6, 6.07) is 7.55. The minimum absolute atomic E-state index is 0.0509. The highest BCUT2D eigenvalue weighted by Gasteiger charge is 2.18. The Labute approximate surface area is 125 Å². The van der Waals surface area contributed by atoms with Crippen LogP contribution >= 0.6 is 11.3 Å². The number of aromatic nitrogens is 1. The van der Waals surface area contributed by atoms with Crippen LogP contribution in [0.1, 0.15) is 32.4 Å². The van der Waals surface area contributed by atoms with Gasteiger partial charge in [-0.05, 0) is 43.0 Å². The van der Waals surface area contributed by atoms with Gasteiger partial charge in [0.2, 0.25) is 0 Å². The lowest BCUT2D eigenvalue weighted by Gasteiger charge is -2.03. The molecule has 2 aromatic heterocycles. The average molecular weight is 298 g/mol. The van der Waals surface area contributed by atoms with Crippen LogP contribution in [0, 0.1) is 6.92 Å². The number of nitrogens with one attached hydrogen (secondary N) is 1. The Bertz CT molecular complexity index is 826. The van der Waals surface area contributed by atoms with Crippen LogP contribution < -0.4 is 5.32 Å². The van der Waals surface area contributed by atoms with Crippen molar-refractivity contribution in [2.45, 2.75) is 26.2 Å². The minimum atomic E-state index is -0.0509. The molecule has 0 aliphatic heterocycles. The van der Waals surface area contributed by atoms with Crippen molar-refractivity contribution in [3.8, 4) is 0 Å². The van der Waals surface area contributed by atoms with E-state index >= 15 is 0 Å². The largest absolute Gasteiger partial charge is 0.441 e. The maximum atomic E-state index is 12.3. The maximum Gasteiger partial charge on any atom is 0.265 e. The molecule has 1 aromatic carbocycles. The zero-order chi connectivity index (χ0) is 14.4. The van der Waals surface area contributed by atoms with E-state index < -0.39 is 0 Å². The Hall–Kier alpha value is -2.14. The number of carbonyl (C=O) groups is 1. The Balaban J connectivity index is 1.59. The first-order chi connectivity index (χ1) is 10.2. The molecule has 0 spiro atoms. The summed E-state index contributed by atoms with van der Waals surface area (Å²) in [5.41, 5.74) is 3.57. The van der Waals surface area contributed by atoms with Crippen molar-refractivity contribution in [2.24, 2.45) is 0 Å². The van der Waals surface area contributed by atoms with Gasteiger partial charge in [-0.1, -0.05) is 0 Å². The molecule has 4 rings (SSSR count). The van der Waals surface area contributed by atoms with Gasteiger partial charge in [-0.2, -0.15) is 0 Å². The number of hydrogen-bond donors (Lipinski definition) is 1. The fourth-order valence-electron chi connectivity index (χ4n) is 2.75. The quantitative estimate of drug-likeness (QED) is 0.779. The van der Waals surface area contributed by atoms with Gasteiger partial charge in [0.25, 0.3) is 5.91 Å². The first kappa shape index (κ1) is 12.6. The highest BCUT2D eigenvalue weighted by molar-refractivity contribution is 7.14. The van der Waals surface area contributed by atoms with E-state index in [4.69, 9.17) is 4.42 Å². The molecule has 2 heterocycles. The third-order valence-corrected chi connectivity index (χ3v) is 4.96. The van der Waals surface area contributed by atoms with E-state index in [0.717, 1.165) is 28.9 Å². The summed E-state index contributed by atoms with van der Waals surface area (Å²) in [6.45, 7) is 1.81. The molecule has 1 N–H and O–H groups in total. The molecule has 4 nitrogen and oxygen atoms in total. The Kier molecular flexibility index (Phi) is 2.82. The van der Waals surface area contributed by atoms with Crippen LogP contribution in [0.3, 0.4) is 0 Å². The first-order valence-electron chi connectivity index (χ1n) is 6.99. The highest BCUT2D eigenvalue weighted by atomic mass is 32.1. The number of carbonyl (C=O) groups excluding carboxylic acids is 1. The number of amides is 1. The Morgan fingerprint density at radius 1 is 1.33 bits per heavy atom. The number of fused-ring (bicyclic) bond motifs is 2. The third kappa shape index (κ3) is 2.23. The number of nitrogens with zero attached hydrogens (tertiary/aromatic N) is 1. The average Bonchev–Trinajstić information content (AvgIpc) is 3.09. The van der Waals surface area contributed by atoms with Crippen molar-refractivity contribution < 1.29 is 9.21 Å². The van der Waals surface area contributed by atoms with Crippen LogP contribution in [-0.4, -0.2) is 10.9 Å². The lowest BCUT2D eigenvalue weighted by molar-refractivity contribution is 0.103. The van der Waals surface area contributed by atoms with E-state index in [-0.39, 0.29) is 5.91 Å². The third-order valence-electron chi connectivity index (χ3n) is 3.72. The summed E-state index contributed by atoms with van der Waals surface area (Å²) in [5, 5.41) is 2.93. The SMILES string of the molecule is Cc1nc2ccc(NC(=O)c3cc4c(s3)CCC4)cc2o1. The smallest absolute Gasteiger partial charge is 0.265 e. The minimum Gasteiger partial charge on any atom is -0.441 e. The van der Waals surface area contributed by atoms with E-state index in [2.05, 4.69) is 10.3 Å². The number of benzene rings is 1. The normalized spacial score (nSPS) is 13.6. The predicted octanol–water partition coefficient (Wildman–Crippen LogP) is 3.94. The number of aryl methyl sites for hydroxylation is 3. The summed E-state index contributed by atoms with van der Waals surface area (Å²) in [6.07, 6.45) is 3.42. The first-order valence-corrected chi connectivity index (χ1v) is 7.81. The lowest BCUT2D eigenvalue weighted by Crippen LogP contribution is -2.10. The monoisotopic (exact) mass is 298 g/mol. The Morgan fingerprint density at radius 2 is 2.24 bits per heavy atom. The Morgan fingerprint density at radius 3 is 3.10 bits per heavy atom. The van der Waals surface area contributed by atoms with Crippen LogP contribution in [0.5, 0.6) is 0 Å².